The molecule has 0 saturated heterocycles. The fourth-order valence-corrected chi connectivity index (χ4v) is 3.32. The first-order chi connectivity index (χ1) is 12.7. The molecule has 0 radical (unpaired) electrons. The lowest BCUT2D eigenvalue weighted by atomic mass is 9.98. The molecular formula is C18H17F3N4O2. The van der Waals surface area contributed by atoms with Gasteiger partial charge in [-0.05, 0) is 42.4 Å². The van der Waals surface area contributed by atoms with Gasteiger partial charge in [0, 0.05) is 6.20 Å². The van der Waals surface area contributed by atoms with E-state index in [2.05, 4.69) is 15.1 Å². The number of nitrogens with one attached hydrogen (secondary N) is 1. The van der Waals surface area contributed by atoms with Gasteiger partial charge >= 0.3 is 6.18 Å². The molecule has 0 atom stereocenters. The van der Waals surface area contributed by atoms with E-state index in [1.54, 1.807) is 13.0 Å². The summed E-state index contributed by atoms with van der Waals surface area (Å²) in [6.07, 6.45) is -2.02. The standard InChI is InChI=1S/C18H17F3N4O2/c1-9-5-11(10-3-4-10)6-12(7-18(19,20)21)14(9)25-8-13-15(24-25)22-17(27-2)23-16(13)26/h5-6,8,10H,3-4,7H2,1-2H3,(H,22,23,24,26). The number of ether oxygens (including phenoxy) is 1. The maximum atomic E-state index is 13.2. The second-order valence-corrected chi connectivity index (χ2v) is 6.80. The predicted molar refractivity (Wildman–Crippen MR) is 92.5 cm³/mol. The molecule has 1 aliphatic carbocycles. The third kappa shape index (κ3) is 3.41. The summed E-state index contributed by atoms with van der Waals surface area (Å²) in [5.41, 5.74) is 1.71. The first kappa shape index (κ1) is 17.6. The van der Waals surface area contributed by atoms with Crippen LogP contribution < -0.4 is 10.3 Å². The van der Waals surface area contributed by atoms with Crippen molar-refractivity contribution in [3.8, 4) is 11.7 Å². The summed E-state index contributed by atoms with van der Waals surface area (Å²) in [5, 5.41) is 4.41. The first-order valence-corrected chi connectivity index (χ1v) is 8.49. The lowest BCUT2D eigenvalue weighted by Gasteiger charge is -2.16. The van der Waals surface area contributed by atoms with Gasteiger partial charge in [-0.3, -0.25) is 9.78 Å². The van der Waals surface area contributed by atoms with E-state index >= 15 is 0 Å². The van der Waals surface area contributed by atoms with Crippen molar-refractivity contribution in [2.75, 3.05) is 7.11 Å². The summed E-state index contributed by atoms with van der Waals surface area (Å²) in [6, 6.07) is 3.50. The second-order valence-electron chi connectivity index (χ2n) is 6.80. The number of halogens is 3. The highest BCUT2D eigenvalue weighted by Gasteiger charge is 2.32. The quantitative estimate of drug-likeness (QED) is 0.755. The molecule has 142 valence electrons. The summed E-state index contributed by atoms with van der Waals surface area (Å²) >= 11 is 0. The highest BCUT2D eigenvalue weighted by atomic mass is 19.4. The number of rotatable bonds is 4. The van der Waals surface area contributed by atoms with Crippen LogP contribution in [-0.4, -0.2) is 33.0 Å². The number of aromatic nitrogens is 4. The third-order valence-electron chi connectivity index (χ3n) is 4.63. The van der Waals surface area contributed by atoms with Crippen molar-refractivity contribution in [2.45, 2.75) is 38.3 Å². The monoisotopic (exact) mass is 378 g/mol. The molecule has 1 N–H and O–H groups in total. The summed E-state index contributed by atoms with van der Waals surface area (Å²) in [4.78, 5) is 18.6. The number of H-pyrrole nitrogens is 1. The van der Waals surface area contributed by atoms with Gasteiger partial charge < -0.3 is 4.74 Å². The molecule has 3 aromatic rings. The van der Waals surface area contributed by atoms with Gasteiger partial charge in [-0.15, -0.1) is 5.10 Å². The Labute approximate surface area is 152 Å². The van der Waals surface area contributed by atoms with Gasteiger partial charge in [0.1, 0.15) is 5.39 Å². The van der Waals surface area contributed by atoms with E-state index in [4.69, 9.17) is 4.74 Å². The Hall–Kier alpha value is -2.84. The lowest BCUT2D eigenvalue weighted by molar-refractivity contribution is -0.127. The minimum atomic E-state index is -4.35. The predicted octanol–water partition coefficient (Wildman–Crippen LogP) is 3.41. The van der Waals surface area contributed by atoms with Crippen molar-refractivity contribution >= 4 is 11.0 Å². The smallest absolute Gasteiger partial charge is 0.393 e. The van der Waals surface area contributed by atoms with Crippen molar-refractivity contribution in [3.63, 3.8) is 0 Å². The van der Waals surface area contributed by atoms with Crippen LogP contribution >= 0.6 is 0 Å². The fraction of sp³-hybridized carbons (Fsp3) is 0.389. The van der Waals surface area contributed by atoms with Crippen LogP contribution in [0.1, 0.15) is 35.4 Å². The molecule has 1 saturated carbocycles. The molecule has 2 heterocycles. The lowest BCUT2D eigenvalue weighted by Crippen LogP contribution is -2.15. The van der Waals surface area contributed by atoms with Crippen LogP contribution in [0.5, 0.6) is 6.01 Å². The van der Waals surface area contributed by atoms with E-state index in [1.807, 2.05) is 6.07 Å². The highest BCUT2D eigenvalue weighted by molar-refractivity contribution is 5.74. The van der Waals surface area contributed by atoms with Crippen LogP contribution in [0.4, 0.5) is 13.2 Å². The Kier molecular flexibility index (Phi) is 3.97. The molecule has 1 fully saturated rings. The number of methoxy groups -OCH3 is 1. The van der Waals surface area contributed by atoms with E-state index in [0.717, 1.165) is 18.4 Å². The van der Waals surface area contributed by atoms with Crippen LogP contribution in [0.3, 0.4) is 0 Å². The molecule has 0 spiro atoms. The number of aromatic amines is 1. The molecule has 6 nitrogen and oxygen atoms in total. The molecular weight excluding hydrogens is 361 g/mol. The van der Waals surface area contributed by atoms with Crippen LogP contribution in [0.2, 0.25) is 0 Å². The van der Waals surface area contributed by atoms with Crippen molar-refractivity contribution in [2.24, 2.45) is 0 Å². The number of hydrogen-bond acceptors (Lipinski definition) is 4. The normalized spacial score (nSPS) is 14.7. The van der Waals surface area contributed by atoms with Gasteiger partial charge in [0.05, 0.1) is 19.2 Å². The average molecular weight is 378 g/mol. The minimum absolute atomic E-state index is 0.00549. The minimum Gasteiger partial charge on any atom is -0.468 e. The molecule has 0 bridgehead atoms. The SMILES string of the molecule is COc1nc2nn(-c3c(C)cc(C4CC4)cc3CC(F)(F)F)cc2c(=O)[nH]1. The summed E-state index contributed by atoms with van der Waals surface area (Å²) < 4.78 is 45.7. The molecule has 1 aromatic carbocycles. The van der Waals surface area contributed by atoms with Gasteiger partial charge in [-0.1, -0.05) is 12.1 Å². The number of nitrogens with zero attached hydrogens (tertiary/aromatic N) is 3. The Bertz CT molecular complexity index is 1080. The topological polar surface area (TPSA) is 72.8 Å². The van der Waals surface area contributed by atoms with E-state index in [1.165, 1.54) is 18.0 Å². The van der Waals surface area contributed by atoms with Crippen molar-refractivity contribution in [3.05, 3.63) is 45.4 Å². The maximum Gasteiger partial charge on any atom is 0.393 e. The number of alkyl halides is 3. The molecule has 0 unspecified atom stereocenters. The summed E-state index contributed by atoms with van der Waals surface area (Å²) in [5.74, 6) is 0.329. The van der Waals surface area contributed by atoms with Crippen LogP contribution in [-0.2, 0) is 6.42 Å². The average Bonchev–Trinajstić information content (AvgIpc) is 3.33. The Morgan fingerprint density at radius 3 is 2.70 bits per heavy atom. The molecule has 27 heavy (non-hydrogen) atoms. The van der Waals surface area contributed by atoms with Crippen molar-refractivity contribution < 1.29 is 17.9 Å². The van der Waals surface area contributed by atoms with Crippen LogP contribution in [0, 0.1) is 6.92 Å². The maximum absolute atomic E-state index is 13.2. The first-order valence-electron chi connectivity index (χ1n) is 8.49. The van der Waals surface area contributed by atoms with Gasteiger partial charge in [-0.2, -0.15) is 18.2 Å². The zero-order valence-corrected chi connectivity index (χ0v) is 14.7. The molecule has 4 rings (SSSR count). The highest BCUT2D eigenvalue weighted by Crippen LogP contribution is 2.42. The van der Waals surface area contributed by atoms with E-state index < -0.39 is 18.2 Å². The third-order valence-corrected chi connectivity index (χ3v) is 4.63. The fourth-order valence-electron chi connectivity index (χ4n) is 3.32. The molecule has 9 heteroatoms. The van der Waals surface area contributed by atoms with E-state index in [9.17, 15) is 18.0 Å². The second kappa shape index (κ2) is 6.11. The summed E-state index contributed by atoms with van der Waals surface area (Å²) in [7, 11) is 1.35. The van der Waals surface area contributed by atoms with Crippen molar-refractivity contribution in [1.29, 1.82) is 0 Å². The largest absolute Gasteiger partial charge is 0.468 e. The van der Waals surface area contributed by atoms with Gasteiger partial charge in [-0.25, -0.2) is 4.68 Å². The molecule has 0 amide bonds. The zero-order valence-electron chi connectivity index (χ0n) is 14.7. The van der Waals surface area contributed by atoms with Crippen LogP contribution in [0.15, 0.2) is 23.1 Å². The van der Waals surface area contributed by atoms with Crippen molar-refractivity contribution in [1.82, 2.24) is 19.7 Å². The van der Waals surface area contributed by atoms with E-state index in [0.29, 0.717) is 17.2 Å². The van der Waals surface area contributed by atoms with Gasteiger partial charge in [0.2, 0.25) is 0 Å². The van der Waals surface area contributed by atoms with E-state index in [-0.39, 0.29) is 22.6 Å². The number of hydrogen-bond donors (Lipinski definition) is 1. The Morgan fingerprint density at radius 2 is 2.07 bits per heavy atom. The number of aryl methyl sites for hydroxylation is 1. The van der Waals surface area contributed by atoms with Gasteiger partial charge in [0.25, 0.3) is 11.6 Å². The number of fused-ring (bicyclic) bond motifs is 1. The number of benzene rings is 1. The Morgan fingerprint density at radius 1 is 1.33 bits per heavy atom. The van der Waals surface area contributed by atoms with Gasteiger partial charge in [0.15, 0.2) is 5.65 Å². The summed E-state index contributed by atoms with van der Waals surface area (Å²) in [6.45, 7) is 1.76. The molecule has 2 aromatic heterocycles. The zero-order chi connectivity index (χ0) is 19.3. The molecule has 0 aliphatic heterocycles. The van der Waals surface area contributed by atoms with Crippen LogP contribution in [0.25, 0.3) is 16.7 Å². The Balaban J connectivity index is 1.90. The molecule has 1 aliphatic rings.